The van der Waals surface area contributed by atoms with Crippen LogP contribution in [0.25, 0.3) is 0 Å². The van der Waals surface area contributed by atoms with Gasteiger partial charge in [-0.1, -0.05) is 23.2 Å². The van der Waals surface area contributed by atoms with Crippen molar-refractivity contribution in [3.8, 4) is 6.01 Å². The van der Waals surface area contributed by atoms with Crippen LogP contribution in [0.2, 0.25) is 10.0 Å². The van der Waals surface area contributed by atoms with Gasteiger partial charge in [0, 0.05) is 39.3 Å². The van der Waals surface area contributed by atoms with Gasteiger partial charge in [0.2, 0.25) is 10.0 Å². The summed E-state index contributed by atoms with van der Waals surface area (Å²) in [6.45, 7) is 10.3. The van der Waals surface area contributed by atoms with E-state index >= 15 is 0 Å². The molecule has 178 valence electrons. The summed E-state index contributed by atoms with van der Waals surface area (Å²) in [5.74, 6) is 0. The number of ether oxygens (including phenoxy) is 1. The minimum Gasteiger partial charge on any atom is -0.465 e. The summed E-state index contributed by atoms with van der Waals surface area (Å²) in [7, 11) is -1.64. The first-order valence-corrected chi connectivity index (χ1v) is 13.0. The molecule has 2 aromatic rings. The van der Waals surface area contributed by atoms with E-state index < -0.39 is 16.1 Å². The van der Waals surface area contributed by atoms with Crippen LogP contribution < -0.4 is 9.46 Å². The quantitative estimate of drug-likeness (QED) is 0.501. The first-order valence-electron chi connectivity index (χ1n) is 10.8. The van der Waals surface area contributed by atoms with Crippen molar-refractivity contribution in [1.29, 1.82) is 0 Å². The Bertz CT molecular complexity index is 1010. The van der Waals surface area contributed by atoms with Crippen molar-refractivity contribution in [2.45, 2.75) is 37.8 Å². The van der Waals surface area contributed by atoms with E-state index in [-0.39, 0.29) is 9.92 Å². The lowest BCUT2D eigenvalue weighted by Crippen LogP contribution is -2.44. The van der Waals surface area contributed by atoms with Crippen molar-refractivity contribution in [2.24, 2.45) is 0 Å². The topological polar surface area (TPSA) is 79.7 Å². The summed E-state index contributed by atoms with van der Waals surface area (Å²) < 4.78 is 36.1. The van der Waals surface area contributed by atoms with E-state index in [1.165, 1.54) is 18.2 Å². The van der Waals surface area contributed by atoms with Crippen LogP contribution in [0.5, 0.6) is 6.01 Å². The molecule has 1 aliphatic heterocycles. The Kier molecular flexibility index (Phi) is 8.82. The first-order chi connectivity index (χ1) is 15.2. The summed E-state index contributed by atoms with van der Waals surface area (Å²) in [5, 5.41) is 0.491. The third-order valence-corrected chi connectivity index (χ3v) is 7.87. The number of nitrogens with one attached hydrogen (secondary N) is 1. The second-order valence-corrected chi connectivity index (χ2v) is 10.5. The van der Waals surface area contributed by atoms with E-state index in [2.05, 4.69) is 26.6 Å². The average Bonchev–Trinajstić information content (AvgIpc) is 3.17. The first kappa shape index (κ1) is 25.3. The van der Waals surface area contributed by atoms with Crippen molar-refractivity contribution in [3.05, 3.63) is 40.1 Å². The van der Waals surface area contributed by atoms with Crippen molar-refractivity contribution in [1.82, 2.24) is 24.1 Å². The zero-order valence-electron chi connectivity index (χ0n) is 18.7. The maximum absolute atomic E-state index is 12.8. The predicted octanol–water partition coefficient (Wildman–Crippen LogP) is 3.27. The molecule has 1 saturated heterocycles. The number of nitrogens with zero attached hydrogens (tertiary/aromatic N) is 4. The van der Waals surface area contributed by atoms with Crippen molar-refractivity contribution >= 4 is 33.2 Å². The molecule has 0 amide bonds. The van der Waals surface area contributed by atoms with E-state index in [9.17, 15) is 8.42 Å². The lowest BCUT2D eigenvalue weighted by Gasteiger charge is -2.32. The summed E-state index contributed by atoms with van der Waals surface area (Å²) in [6.07, 6.45) is 2.57. The standard InChI is InChI=1S/C21H31Cl2N5O3S/c1-4-28-20(16(2)25-32(29,30)17-6-7-18(22)19(23)14-17)15-24-21(28)31-13-5-8-27-11-9-26(3)10-12-27/h6-7,14-16,25H,4-5,8-13H2,1-3H3. The molecule has 0 spiro atoms. The Balaban J connectivity index is 1.58. The van der Waals surface area contributed by atoms with Crippen LogP contribution in [-0.2, 0) is 16.6 Å². The lowest BCUT2D eigenvalue weighted by molar-refractivity contribution is 0.143. The monoisotopic (exact) mass is 503 g/mol. The van der Waals surface area contributed by atoms with E-state index in [1.54, 1.807) is 13.1 Å². The molecule has 1 aromatic carbocycles. The molecule has 3 rings (SSSR count). The zero-order valence-corrected chi connectivity index (χ0v) is 21.0. The highest BCUT2D eigenvalue weighted by Gasteiger charge is 2.23. The van der Waals surface area contributed by atoms with Gasteiger partial charge in [0.05, 0.1) is 39.5 Å². The molecule has 1 aromatic heterocycles. The Morgan fingerprint density at radius 2 is 1.91 bits per heavy atom. The number of benzene rings is 1. The number of imidazole rings is 1. The van der Waals surface area contributed by atoms with Gasteiger partial charge >= 0.3 is 0 Å². The van der Waals surface area contributed by atoms with E-state index in [1.807, 2.05) is 11.5 Å². The molecule has 32 heavy (non-hydrogen) atoms. The highest BCUT2D eigenvalue weighted by molar-refractivity contribution is 7.89. The number of hydrogen-bond acceptors (Lipinski definition) is 6. The Morgan fingerprint density at radius 3 is 2.56 bits per heavy atom. The summed E-state index contributed by atoms with van der Waals surface area (Å²) in [4.78, 5) is 9.22. The van der Waals surface area contributed by atoms with E-state index in [0.717, 1.165) is 44.8 Å². The SMILES string of the molecule is CCn1c(C(C)NS(=O)(=O)c2ccc(Cl)c(Cl)c2)cnc1OCCCN1CCN(C)CC1. The van der Waals surface area contributed by atoms with Gasteiger partial charge in [-0.05, 0) is 45.5 Å². The third-order valence-electron chi connectivity index (χ3n) is 5.59. The van der Waals surface area contributed by atoms with Gasteiger partial charge in [-0.2, -0.15) is 0 Å². The Hall–Kier alpha value is -1.36. The molecule has 0 radical (unpaired) electrons. The largest absolute Gasteiger partial charge is 0.465 e. The van der Waals surface area contributed by atoms with Crippen LogP contribution in [0, 0.1) is 0 Å². The maximum Gasteiger partial charge on any atom is 0.296 e. The molecule has 1 unspecified atom stereocenters. The molecule has 1 aliphatic rings. The van der Waals surface area contributed by atoms with Crippen LogP contribution in [-0.4, -0.2) is 74.1 Å². The molecule has 2 heterocycles. The highest BCUT2D eigenvalue weighted by atomic mass is 35.5. The van der Waals surface area contributed by atoms with Gasteiger partial charge in [0.25, 0.3) is 6.01 Å². The summed E-state index contributed by atoms with van der Waals surface area (Å²) in [5.41, 5.74) is 0.727. The highest BCUT2D eigenvalue weighted by Crippen LogP contribution is 2.26. The molecule has 1 fully saturated rings. The molecule has 1 N–H and O–H groups in total. The zero-order chi connectivity index (χ0) is 23.3. The molecule has 0 bridgehead atoms. The fraction of sp³-hybridized carbons (Fsp3) is 0.571. The van der Waals surface area contributed by atoms with Crippen LogP contribution in [0.4, 0.5) is 0 Å². The van der Waals surface area contributed by atoms with E-state index in [0.29, 0.717) is 24.2 Å². The number of hydrogen-bond donors (Lipinski definition) is 1. The summed E-state index contributed by atoms with van der Waals surface area (Å²) >= 11 is 11.9. The molecule has 0 aliphatic carbocycles. The van der Waals surface area contributed by atoms with Crippen molar-refractivity contribution in [2.75, 3.05) is 46.4 Å². The third kappa shape index (κ3) is 6.36. The fourth-order valence-corrected chi connectivity index (χ4v) is 5.28. The Labute approximate surface area is 200 Å². The normalized spacial score (nSPS) is 16.9. The number of sulfonamides is 1. The van der Waals surface area contributed by atoms with Crippen LogP contribution in [0.1, 0.15) is 32.0 Å². The summed E-state index contributed by atoms with van der Waals surface area (Å²) in [6, 6.07) is 4.22. The van der Waals surface area contributed by atoms with Crippen LogP contribution in [0.3, 0.4) is 0 Å². The van der Waals surface area contributed by atoms with Gasteiger partial charge in [-0.15, -0.1) is 0 Å². The van der Waals surface area contributed by atoms with Gasteiger partial charge in [-0.25, -0.2) is 18.1 Å². The second-order valence-electron chi connectivity index (χ2n) is 7.98. The minimum atomic E-state index is -3.78. The number of piperazine rings is 1. The van der Waals surface area contributed by atoms with Gasteiger partial charge < -0.3 is 14.5 Å². The predicted molar refractivity (Wildman–Crippen MR) is 127 cm³/mol. The smallest absolute Gasteiger partial charge is 0.296 e. The lowest BCUT2D eigenvalue weighted by atomic mass is 10.3. The Morgan fingerprint density at radius 1 is 1.19 bits per heavy atom. The van der Waals surface area contributed by atoms with Crippen LogP contribution in [0.15, 0.2) is 29.3 Å². The van der Waals surface area contributed by atoms with Crippen molar-refractivity contribution < 1.29 is 13.2 Å². The van der Waals surface area contributed by atoms with Crippen molar-refractivity contribution in [3.63, 3.8) is 0 Å². The number of aromatic nitrogens is 2. The molecule has 0 saturated carbocycles. The molecular formula is C21H31Cl2N5O3S. The van der Waals surface area contributed by atoms with Gasteiger partial charge in [-0.3, -0.25) is 4.57 Å². The molecule has 1 atom stereocenters. The molecular weight excluding hydrogens is 473 g/mol. The molecule has 11 heteroatoms. The molecule has 8 nitrogen and oxygen atoms in total. The number of halogens is 2. The minimum absolute atomic E-state index is 0.0571. The average molecular weight is 504 g/mol. The number of rotatable bonds is 10. The van der Waals surface area contributed by atoms with Crippen LogP contribution >= 0.6 is 23.2 Å². The van der Waals surface area contributed by atoms with Gasteiger partial charge in [0.15, 0.2) is 0 Å². The van der Waals surface area contributed by atoms with E-state index in [4.69, 9.17) is 27.9 Å². The van der Waals surface area contributed by atoms with Gasteiger partial charge in [0.1, 0.15) is 0 Å². The fourth-order valence-electron chi connectivity index (χ4n) is 3.68. The second kappa shape index (κ2) is 11.2. The maximum atomic E-state index is 12.8. The number of likely N-dealkylation sites (N-methyl/N-ethyl adjacent to an activating group) is 1.